The molecule has 0 radical (unpaired) electrons. The van der Waals surface area contributed by atoms with Crippen molar-refractivity contribution in [1.82, 2.24) is 14.9 Å². The Morgan fingerprint density at radius 1 is 1.42 bits per heavy atom. The Hall–Kier alpha value is 0.01000. The van der Waals surface area contributed by atoms with E-state index >= 15 is 0 Å². The van der Waals surface area contributed by atoms with E-state index in [0.29, 0.717) is 15.2 Å². The van der Waals surface area contributed by atoms with Gasteiger partial charge in [0.1, 0.15) is 4.21 Å². The van der Waals surface area contributed by atoms with E-state index in [2.05, 4.69) is 30.9 Å². The number of hydrogen-bond acceptors (Lipinski definition) is 5. The van der Waals surface area contributed by atoms with E-state index in [1.54, 1.807) is 11.4 Å². The number of nitrogens with zero attached hydrogens (tertiary/aromatic N) is 1. The van der Waals surface area contributed by atoms with Crippen LogP contribution < -0.4 is 10.0 Å². The lowest BCUT2D eigenvalue weighted by Gasteiger charge is -2.26. The van der Waals surface area contributed by atoms with E-state index in [0.717, 1.165) is 39.1 Å². The molecule has 1 saturated heterocycles. The summed E-state index contributed by atoms with van der Waals surface area (Å²) in [6.07, 6.45) is 0.836. The molecule has 1 aliphatic heterocycles. The Balaban J connectivity index is 1.74. The van der Waals surface area contributed by atoms with Crippen molar-refractivity contribution in [1.29, 1.82) is 0 Å². The normalized spacial score (nSPS) is 17.7. The van der Waals surface area contributed by atoms with Crippen molar-refractivity contribution in [3.05, 3.63) is 15.9 Å². The van der Waals surface area contributed by atoms with Crippen molar-refractivity contribution >= 4 is 37.3 Å². The zero-order chi connectivity index (χ0) is 13.7. The van der Waals surface area contributed by atoms with Gasteiger partial charge in [-0.15, -0.1) is 11.3 Å². The summed E-state index contributed by atoms with van der Waals surface area (Å²) in [5.74, 6) is 0. The summed E-state index contributed by atoms with van der Waals surface area (Å²) < 4.78 is 27.7. The smallest absolute Gasteiger partial charge is 0.251 e. The van der Waals surface area contributed by atoms with Crippen LogP contribution in [-0.2, 0) is 10.0 Å². The van der Waals surface area contributed by atoms with Crippen LogP contribution in [0.5, 0.6) is 0 Å². The van der Waals surface area contributed by atoms with Crippen LogP contribution in [0.3, 0.4) is 0 Å². The molecule has 0 amide bonds. The van der Waals surface area contributed by atoms with E-state index < -0.39 is 10.0 Å². The maximum absolute atomic E-state index is 12.0. The Labute approximate surface area is 126 Å². The number of sulfonamides is 1. The Kier molecular flexibility index (Phi) is 5.79. The summed E-state index contributed by atoms with van der Waals surface area (Å²) >= 11 is 4.48. The summed E-state index contributed by atoms with van der Waals surface area (Å²) in [5.41, 5.74) is 0. The second kappa shape index (κ2) is 7.14. The third-order valence-corrected chi connectivity index (χ3v) is 7.11. The van der Waals surface area contributed by atoms with Crippen LogP contribution in [0.25, 0.3) is 0 Å². The van der Waals surface area contributed by atoms with E-state index in [9.17, 15) is 8.42 Å². The van der Waals surface area contributed by atoms with Crippen molar-refractivity contribution in [3.8, 4) is 0 Å². The third kappa shape index (κ3) is 4.51. The summed E-state index contributed by atoms with van der Waals surface area (Å²) in [6.45, 7) is 5.56. The highest BCUT2D eigenvalue weighted by Crippen LogP contribution is 2.27. The second-order valence-corrected chi connectivity index (χ2v) is 8.13. The predicted octanol–water partition coefficient (Wildman–Crippen LogP) is 1.08. The molecule has 19 heavy (non-hydrogen) atoms. The molecule has 2 N–H and O–H groups in total. The average Bonchev–Trinajstić information content (AvgIpc) is 2.83. The SMILES string of the molecule is O=S(=O)(NCCCN1CCNCC1)c1sccc1Br. The quantitative estimate of drug-likeness (QED) is 0.738. The molecule has 1 aromatic rings. The lowest BCUT2D eigenvalue weighted by atomic mass is 10.3. The molecule has 1 aliphatic rings. The molecule has 0 bridgehead atoms. The van der Waals surface area contributed by atoms with Gasteiger partial charge in [0.25, 0.3) is 10.0 Å². The van der Waals surface area contributed by atoms with E-state index in [1.807, 2.05) is 0 Å². The summed E-state index contributed by atoms with van der Waals surface area (Å²) in [4.78, 5) is 2.35. The monoisotopic (exact) mass is 367 g/mol. The van der Waals surface area contributed by atoms with Gasteiger partial charge in [-0.25, -0.2) is 13.1 Å². The van der Waals surface area contributed by atoms with Gasteiger partial charge in [-0.05, 0) is 40.3 Å². The van der Waals surface area contributed by atoms with E-state index in [4.69, 9.17) is 0 Å². The van der Waals surface area contributed by atoms with Crippen LogP contribution in [0.2, 0.25) is 0 Å². The van der Waals surface area contributed by atoms with Gasteiger partial charge in [0.15, 0.2) is 0 Å². The molecule has 0 aliphatic carbocycles. The van der Waals surface area contributed by atoms with Crippen LogP contribution in [0.1, 0.15) is 6.42 Å². The molecular weight excluding hydrogens is 350 g/mol. The van der Waals surface area contributed by atoms with Crippen LogP contribution in [0, 0.1) is 0 Å². The first-order valence-electron chi connectivity index (χ1n) is 6.25. The largest absolute Gasteiger partial charge is 0.314 e. The molecule has 0 spiro atoms. The fourth-order valence-corrected chi connectivity index (χ4v) is 5.44. The first kappa shape index (κ1) is 15.4. The maximum Gasteiger partial charge on any atom is 0.251 e. The molecule has 108 valence electrons. The Morgan fingerprint density at radius 3 is 2.79 bits per heavy atom. The Bertz CT molecular complexity index is 498. The highest BCUT2D eigenvalue weighted by atomic mass is 79.9. The van der Waals surface area contributed by atoms with Crippen molar-refractivity contribution < 1.29 is 8.42 Å². The molecule has 1 fully saturated rings. The van der Waals surface area contributed by atoms with Crippen molar-refractivity contribution in [2.75, 3.05) is 39.3 Å². The first-order chi connectivity index (χ1) is 9.09. The van der Waals surface area contributed by atoms with Gasteiger partial charge in [0, 0.05) is 37.2 Å². The van der Waals surface area contributed by atoms with Gasteiger partial charge in [-0.2, -0.15) is 0 Å². The summed E-state index contributed by atoms with van der Waals surface area (Å²) in [7, 11) is -3.36. The fourth-order valence-electron chi connectivity index (χ4n) is 1.98. The van der Waals surface area contributed by atoms with Crippen LogP contribution in [-0.4, -0.2) is 52.6 Å². The molecule has 2 heterocycles. The predicted molar refractivity (Wildman–Crippen MR) is 81.1 cm³/mol. The minimum Gasteiger partial charge on any atom is -0.314 e. The average molecular weight is 368 g/mol. The lowest BCUT2D eigenvalue weighted by Crippen LogP contribution is -2.44. The lowest BCUT2D eigenvalue weighted by molar-refractivity contribution is 0.239. The maximum atomic E-state index is 12.0. The minimum atomic E-state index is -3.36. The summed E-state index contributed by atoms with van der Waals surface area (Å²) in [6, 6.07) is 1.75. The van der Waals surface area contributed by atoms with Crippen LogP contribution >= 0.6 is 27.3 Å². The summed E-state index contributed by atoms with van der Waals surface area (Å²) in [5, 5.41) is 5.06. The minimum absolute atomic E-state index is 0.356. The zero-order valence-electron chi connectivity index (χ0n) is 10.6. The number of rotatable bonds is 6. The molecule has 8 heteroatoms. The van der Waals surface area contributed by atoms with Gasteiger partial charge in [-0.1, -0.05) is 0 Å². The molecule has 5 nitrogen and oxygen atoms in total. The molecular formula is C11H18BrN3O2S2. The van der Waals surface area contributed by atoms with Gasteiger partial charge in [0.2, 0.25) is 0 Å². The fraction of sp³-hybridized carbons (Fsp3) is 0.636. The van der Waals surface area contributed by atoms with Gasteiger partial charge < -0.3 is 10.2 Å². The van der Waals surface area contributed by atoms with Gasteiger partial charge in [0.05, 0.1) is 0 Å². The third-order valence-electron chi connectivity index (χ3n) is 2.98. The Morgan fingerprint density at radius 2 is 2.16 bits per heavy atom. The molecule has 0 saturated carbocycles. The number of piperazine rings is 1. The standard InChI is InChI=1S/C11H18BrN3O2S2/c12-10-2-9-18-11(10)19(16,17)14-3-1-6-15-7-4-13-5-8-15/h2,9,13-14H,1,3-8H2. The van der Waals surface area contributed by atoms with Crippen molar-refractivity contribution in [3.63, 3.8) is 0 Å². The zero-order valence-corrected chi connectivity index (χ0v) is 13.8. The van der Waals surface area contributed by atoms with Gasteiger partial charge >= 0.3 is 0 Å². The number of halogens is 1. The molecule has 0 unspecified atom stereocenters. The van der Waals surface area contributed by atoms with Crippen LogP contribution in [0.15, 0.2) is 20.1 Å². The van der Waals surface area contributed by atoms with E-state index in [-0.39, 0.29) is 0 Å². The topological polar surface area (TPSA) is 61.4 Å². The molecule has 0 atom stereocenters. The van der Waals surface area contributed by atoms with Crippen LogP contribution in [0.4, 0.5) is 0 Å². The van der Waals surface area contributed by atoms with Crippen molar-refractivity contribution in [2.24, 2.45) is 0 Å². The molecule has 0 aromatic carbocycles. The highest BCUT2D eigenvalue weighted by Gasteiger charge is 2.18. The van der Waals surface area contributed by atoms with Crippen molar-refractivity contribution in [2.45, 2.75) is 10.6 Å². The highest BCUT2D eigenvalue weighted by molar-refractivity contribution is 9.10. The molecule has 2 rings (SSSR count). The second-order valence-electron chi connectivity index (χ2n) is 4.40. The number of nitrogens with one attached hydrogen (secondary N) is 2. The first-order valence-corrected chi connectivity index (χ1v) is 9.41. The van der Waals surface area contributed by atoms with Gasteiger partial charge in [-0.3, -0.25) is 0 Å². The number of hydrogen-bond donors (Lipinski definition) is 2. The number of thiophene rings is 1. The molecule has 1 aromatic heterocycles. The van der Waals surface area contributed by atoms with E-state index in [1.165, 1.54) is 11.3 Å².